The van der Waals surface area contributed by atoms with Gasteiger partial charge in [-0.1, -0.05) is 19.1 Å². The average Bonchev–Trinajstić information content (AvgIpc) is 2.19. The molecule has 1 aromatic carbocycles. The molecule has 2 N–H and O–H groups in total. The highest BCUT2D eigenvalue weighted by atomic mass is 19.4. The Kier molecular flexibility index (Phi) is 4.81. The monoisotopic (exact) mass is 247 g/mol. The van der Waals surface area contributed by atoms with Gasteiger partial charge in [0, 0.05) is 0 Å². The summed E-state index contributed by atoms with van der Waals surface area (Å²) in [6, 6.07) is 5.96. The molecule has 0 heterocycles. The first-order chi connectivity index (χ1) is 7.90. The van der Waals surface area contributed by atoms with Crippen LogP contribution in [0, 0.1) is 5.92 Å². The third-order valence-corrected chi connectivity index (χ3v) is 2.40. The van der Waals surface area contributed by atoms with Gasteiger partial charge in [0.15, 0.2) is 0 Å². The van der Waals surface area contributed by atoms with Crippen molar-refractivity contribution in [1.82, 2.24) is 0 Å². The second-order valence-electron chi connectivity index (χ2n) is 4.08. The van der Waals surface area contributed by atoms with Crippen molar-refractivity contribution in [2.45, 2.75) is 26.1 Å². The Balaban J connectivity index is 2.56. The van der Waals surface area contributed by atoms with Gasteiger partial charge in [-0.05, 0) is 43.0 Å². The number of ether oxygens (including phenoxy) is 1. The van der Waals surface area contributed by atoms with Gasteiger partial charge in [0.05, 0.1) is 0 Å². The number of hydrogen-bond acceptors (Lipinski definition) is 2. The molecular weight excluding hydrogens is 231 g/mol. The number of nitrogens with two attached hydrogens (primary N) is 1. The predicted molar refractivity (Wildman–Crippen MR) is 59.7 cm³/mol. The summed E-state index contributed by atoms with van der Waals surface area (Å²) in [6.07, 6.45) is -2.92. The van der Waals surface area contributed by atoms with Crippen molar-refractivity contribution in [2.75, 3.05) is 6.54 Å². The second kappa shape index (κ2) is 5.91. The molecule has 0 fully saturated rings. The molecule has 0 amide bonds. The molecular formula is C12H16F3NO. The van der Waals surface area contributed by atoms with E-state index in [0.717, 1.165) is 18.4 Å². The van der Waals surface area contributed by atoms with Crippen LogP contribution in [0.5, 0.6) is 5.75 Å². The van der Waals surface area contributed by atoms with Crippen molar-refractivity contribution in [2.24, 2.45) is 11.7 Å². The van der Waals surface area contributed by atoms with E-state index in [1.54, 1.807) is 12.1 Å². The quantitative estimate of drug-likeness (QED) is 0.867. The fourth-order valence-corrected chi connectivity index (χ4v) is 1.62. The molecule has 0 radical (unpaired) electrons. The highest BCUT2D eigenvalue weighted by Crippen LogP contribution is 2.23. The van der Waals surface area contributed by atoms with Gasteiger partial charge in [0.2, 0.25) is 0 Å². The number of halogens is 3. The molecule has 1 aromatic rings. The van der Waals surface area contributed by atoms with Crippen LogP contribution in [0.2, 0.25) is 0 Å². The molecule has 0 bridgehead atoms. The third-order valence-electron chi connectivity index (χ3n) is 2.40. The molecule has 1 unspecified atom stereocenters. The van der Waals surface area contributed by atoms with E-state index < -0.39 is 6.36 Å². The number of hydrogen-bond donors (Lipinski definition) is 1. The highest BCUT2D eigenvalue weighted by molar-refractivity contribution is 5.27. The summed E-state index contributed by atoms with van der Waals surface area (Å²) < 4.78 is 39.5. The minimum absolute atomic E-state index is 0.187. The van der Waals surface area contributed by atoms with Crippen LogP contribution in [0.25, 0.3) is 0 Å². The van der Waals surface area contributed by atoms with Crippen LogP contribution in [0.1, 0.15) is 18.9 Å². The summed E-state index contributed by atoms with van der Waals surface area (Å²) >= 11 is 0. The highest BCUT2D eigenvalue weighted by Gasteiger charge is 2.30. The molecule has 1 atom stereocenters. The van der Waals surface area contributed by atoms with Crippen molar-refractivity contribution >= 4 is 0 Å². The average molecular weight is 247 g/mol. The molecule has 5 heteroatoms. The van der Waals surface area contributed by atoms with E-state index in [0.29, 0.717) is 12.5 Å². The zero-order valence-electron chi connectivity index (χ0n) is 9.63. The largest absolute Gasteiger partial charge is 0.573 e. The SMILES string of the molecule is CC(CCN)Cc1ccc(OC(F)(F)F)cc1. The normalized spacial score (nSPS) is 13.5. The summed E-state index contributed by atoms with van der Waals surface area (Å²) in [5, 5.41) is 0. The molecule has 0 aliphatic heterocycles. The third kappa shape index (κ3) is 5.58. The van der Waals surface area contributed by atoms with Crippen LogP contribution in [-0.2, 0) is 6.42 Å². The Labute approximate surface area is 98.6 Å². The van der Waals surface area contributed by atoms with Gasteiger partial charge in [0.25, 0.3) is 0 Å². The van der Waals surface area contributed by atoms with E-state index in [2.05, 4.69) is 11.7 Å². The Bertz CT molecular complexity index is 335. The standard InChI is InChI=1S/C12H16F3NO/c1-9(6-7-16)8-10-2-4-11(5-3-10)17-12(13,14)15/h2-5,9H,6-8,16H2,1H3. The van der Waals surface area contributed by atoms with Gasteiger partial charge in [0.1, 0.15) is 5.75 Å². The van der Waals surface area contributed by atoms with Crippen molar-refractivity contribution < 1.29 is 17.9 Å². The lowest BCUT2D eigenvalue weighted by Crippen LogP contribution is -2.17. The molecule has 0 aliphatic rings. The van der Waals surface area contributed by atoms with E-state index in [1.165, 1.54) is 12.1 Å². The van der Waals surface area contributed by atoms with Gasteiger partial charge in [-0.25, -0.2) is 0 Å². The molecule has 0 aliphatic carbocycles. The van der Waals surface area contributed by atoms with Crippen molar-refractivity contribution in [3.05, 3.63) is 29.8 Å². The molecule has 0 saturated carbocycles. The van der Waals surface area contributed by atoms with Crippen LogP contribution < -0.4 is 10.5 Å². The number of alkyl halides is 3. The second-order valence-corrected chi connectivity index (χ2v) is 4.08. The van der Waals surface area contributed by atoms with E-state index in [1.807, 2.05) is 0 Å². The summed E-state index contributed by atoms with van der Waals surface area (Å²) in [5.41, 5.74) is 6.42. The molecule has 96 valence electrons. The van der Waals surface area contributed by atoms with Crippen LogP contribution in [0.3, 0.4) is 0 Å². The lowest BCUT2D eigenvalue weighted by Gasteiger charge is -2.11. The lowest BCUT2D eigenvalue weighted by molar-refractivity contribution is -0.274. The van der Waals surface area contributed by atoms with Crippen LogP contribution in [0.15, 0.2) is 24.3 Å². The predicted octanol–water partition coefficient (Wildman–Crippen LogP) is 3.11. The zero-order valence-corrected chi connectivity index (χ0v) is 9.63. The van der Waals surface area contributed by atoms with Gasteiger partial charge in [-0.15, -0.1) is 13.2 Å². The molecule has 0 aromatic heterocycles. The maximum absolute atomic E-state index is 11.9. The Morgan fingerprint density at radius 2 is 1.82 bits per heavy atom. The van der Waals surface area contributed by atoms with Gasteiger partial charge < -0.3 is 10.5 Å². The first kappa shape index (κ1) is 13.8. The zero-order chi connectivity index (χ0) is 12.9. The summed E-state index contributed by atoms with van der Waals surface area (Å²) in [7, 11) is 0. The fourth-order valence-electron chi connectivity index (χ4n) is 1.62. The van der Waals surface area contributed by atoms with Crippen molar-refractivity contribution in [3.63, 3.8) is 0 Å². The Morgan fingerprint density at radius 1 is 1.24 bits per heavy atom. The molecule has 1 rings (SSSR count). The summed E-state index contributed by atoms with van der Waals surface area (Å²) in [6.45, 7) is 2.68. The van der Waals surface area contributed by atoms with Gasteiger partial charge in [-0.2, -0.15) is 0 Å². The smallest absolute Gasteiger partial charge is 0.406 e. The topological polar surface area (TPSA) is 35.2 Å². The van der Waals surface area contributed by atoms with E-state index in [9.17, 15) is 13.2 Å². The first-order valence-electron chi connectivity index (χ1n) is 5.45. The fraction of sp³-hybridized carbons (Fsp3) is 0.500. The number of rotatable bonds is 5. The molecule has 0 saturated heterocycles. The maximum Gasteiger partial charge on any atom is 0.573 e. The van der Waals surface area contributed by atoms with E-state index in [-0.39, 0.29) is 5.75 Å². The number of benzene rings is 1. The summed E-state index contributed by atoms with van der Waals surface area (Å²) in [4.78, 5) is 0. The van der Waals surface area contributed by atoms with Crippen LogP contribution >= 0.6 is 0 Å². The molecule has 2 nitrogen and oxygen atoms in total. The van der Waals surface area contributed by atoms with Gasteiger partial charge in [-0.3, -0.25) is 0 Å². The van der Waals surface area contributed by atoms with Crippen LogP contribution in [0.4, 0.5) is 13.2 Å². The minimum Gasteiger partial charge on any atom is -0.406 e. The van der Waals surface area contributed by atoms with Crippen molar-refractivity contribution in [1.29, 1.82) is 0 Å². The Hall–Kier alpha value is -1.23. The van der Waals surface area contributed by atoms with E-state index in [4.69, 9.17) is 5.73 Å². The lowest BCUT2D eigenvalue weighted by atomic mass is 9.98. The van der Waals surface area contributed by atoms with Gasteiger partial charge >= 0.3 is 6.36 Å². The maximum atomic E-state index is 11.9. The minimum atomic E-state index is -4.63. The molecule has 0 spiro atoms. The van der Waals surface area contributed by atoms with Crippen molar-refractivity contribution in [3.8, 4) is 5.75 Å². The first-order valence-corrected chi connectivity index (χ1v) is 5.45. The Morgan fingerprint density at radius 3 is 2.29 bits per heavy atom. The molecule has 17 heavy (non-hydrogen) atoms. The summed E-state index contributed by atoms with van der Waals surface area (Å²) in [5.74, 6) is 0.238. The van der Waals surface area contributed by atoms with Crippen LogP contribution in [-0.4, -0.2) is 12.9 Å². The van der Waals surface area contributed by atoms with E-state index >= 15 is 0 Å².